The molecule has 216 valence electrons. The summed E-state index contributed by atoms with van der Waals surface area (Å²) < 4.78 is 1.50. The molecular formula is C32H34N6O3S. The Labute approximate surface area is 248 Å². The summed E-state index contributed by atoms with van der Waals surface area (Å²) in [5.74, 6) is 0.0649. The van der Waals surface area contributed by atoms with Gasteiger partial charge in [0.05, 0.1) is 10.6 Å². The van der Waals surface area contributed by atoms with Crippen LogP contribution in [0.4, 0.5) is 17.2 Å². The average Bonchev–Trinajstić information content (AvgIpc) is 3.42. The quantitative estimate of drug-likeness (QED) is 0.302. The Morgan fingerprint density at radius 1 is 1.07 bits per heavy atom. The smallest absolute Gasteiger partial charge is 0.293 e. The fraction of sp³-hybridized carbons (Fsp3) is 0.312. The lowest BCUT2D eigenvalue weighted by Crippen LogP contribution is -2.48. The number of benzene rings is 2. The van der Waals surface area contributed by atoms with Crippen LogP contribution in [0, 0.1) is 6.92 Å². The number of amides is 2. The molecule has 1 unspecified atom stereocenters. The SMILES string of the molecule is Cc1c(NC(=O)c2cc3c(s2)CCCC3)cccc1-c1cn(C)c(=O)c(Nc2ccc(C3C(=O)NCCN3C)cc2)n1. The summed E-state index contributed by atoms with van der Waals surface area (Å²) in [5, 5.41) is 9.17. The molecule has 1 fully saturated rings. The van der Waals surface area contributed by atoms with Gasteiger partial charge in [0, 0.05) is 48.1 Å². The number of thiophene rings is 1. The Morgan fingerprint density at radius 3 is 2.62 bits per heavy atom. The first-order valence-electron chi connectivity index (χ1n) is 14.2. The van der Waals surface area contributed by atoms with Gasteiger partial charge in [-0.2, -0.15) is 0 Å². The molecule has 2 aromatic carbocycles. The van der Waals surface area contributed by atoms with Crippen molar-refractivity contribution in [3.8, 4) is 11.3 Å². The van der Waals surface area contributed by atoms with E-state index in [1.54, 1.807) is 24.6 Å². The normalized spacial score (nSPS) is 16.9. The molecule has 0 bridgehead atoms. The van der Waals surface area contributed by atoms with Gasteiger partial charge < -0.3 is 20.5 Å². The topological polar surface area (TPSA) is 108 Å². The molecule has 6 rings (SSSR count). The summed E-state index contributed by atoms with van der Waals surface area (Å²) in [4.78, 5) is 47.4. The number of hydrogen-bond acceptors (Lipinski definition) is 7. The number of carbonyl (C=O) groups excluding carboxylic acids is 2. The number of aryl methyl sites for hydroxylation is 3. The van der Waals surface area contributed by atoms with E-state index in [9.17, 15) is 14.4 Å². The zero-order chi connectivity index (χ0) is 29.4. The van der Waals surface area contributed by atoms with Gasteiger partial charge in [0.2, 0.25) is 5.91 Å². The molecule has 2 aromatic heterocycles. The standard InChI is InChI=1S/C32H34N6O3S/c1-19-23(8-6-9-24(19)36-30(39)27-17-21-7-4-5-10-26(21)42-27)25-18-38(3)32(41)29(35-25)34-22-13-11-20(12-14-22)28-31(40)33-15-16-37(28)2/h6,8-9,11-14,17-18,28H,4-5,7,10,15-16H2,1-3H3,(H,33,40)(H,34,35)(H,36,39). The van der Waals surface area contributed by atoms with Crippen LogP contribution in [-0.4, -0.2) is 46.4 Å². The third-order valence-electron chi connectivity index (χ3n) is 8.09. The predicted octanol–water partition coefficient (Wildman–Crippen LogP) is 4.79. The van der Waals surface area contributed by atoms with Crippen molar-refractivity contribution < 1.29 is 9.59 Å². The predicted molar refractivity (Wildman–Crippen MR) is 167 cm³/mol. The number of anilines is 3. The van der Waals surface area contributed by atoms with Gasteiger partial charge in [-0.3, -0.25) is 19.3 Å². The van der Waals surface area contributed by atoms with E-state index in [0.29, 0.717) is 23.6 Å². The van der Waals surface area contributed by atoms with Crippen molar-refractivity contribution in [2.45, 2.75) is 38.6 Å². The number of hydrogen-bond donors (Lipinski definition) is 3. The molecule has 0 spiro atoms. The summed E-state index contributed by atoms with van der Waals surface area (Å²) in [7, 11) is 3.63. The van der Waals surface area contributed by atoms with E-state index in [2.05, 4.69) is 16.0 Å². The molecule has 10 heteroatoms. The maximum absolute atomic E-state index is 13.2. The molecule has 0 saturated carbocycles. The Bertz CT molecular complexity index is 1700. The molecular weight excluding hydrogens is 548 g/mol. The molecule has 3 N–H and O–H groups in total. The molecule has 42 heavy (non-hydrogen) atoms. The van der Waals surface area contributed by atoms with Gasteiger partial charge in [-0.1, -0.05) is 24.3 Å². The summed E-state index contributed by atoms with van der Waals surface area (Å²) in [6, 6.07) is 14.9. The van der Waals surface area contributed by atoms with Gasteiger partial charge >= 0.3 is 0 Å². The van der Waals surface area contributed by atoms with Crippen molar-refractivity contribution in [1.29, 1.82) is 0 Å². The molecule has 9 nitrogen and oxygen atoms in total. The van der Waals surface area contributed by atoms with E-state index in [1.807, 2.05) is 67.4 Å². The van der Waals surface area contributed by atoms with Crippen molar-refractivity contribution in [3.05, 3.63) is 91.5 Å². The zero-order valence-electron chi connectivity index (χ0n) is 24.0. The van der Waals surface area contributed by atoms with Crippen molar-refractivity contribution in [3.63, 3.8) is 0 Å². The molecule has 2 amide bonds. The molecule has 1 atom stereocenters. The lowest BCUT2D eigenvalue weighted by atomic mass is 9.99. The summed E-state index contributed by atoms with van der Waals surface area (Å²) in [5.41, 5.74) is 5.61. The van der Waals surface area contributed by atoms with Crippen molar-refractivity contribution in [2.24, 2.45) is 7.05 Å². The van der Waals surface area contributed by atoms with E-state index in [0.717, 1.165) is 41.0 Å². The highest BCUT2D eigenvalue weighted by molar-refractivity contribution is 7.14. The maximum Gasteiger partial charge on any atom is 0.293 e. The number of likely N-dealkylation sites (N-methyl/N-ethyl adjacent to an activating group) is 1. The number of carbonyl (C=O) groups is 2. The van der Waals surface area contributed by atoms with E-state index >= 15 is 0 Å². The number of nitrogens with zero attached hydrogens (tertiary/aromatic N) is 3. The second-order valence-corrected chi connectivity index (χ2v) is 12.1. The monoisotopic (exact) mass is 582 g/mol. The number of fused-ring (bicyclic) bond motifs is 1. The van der Waals surface area contributed by atoms with Crippen LogP contribution in [0.1, 0.15) is 50.1 Å². The molecule has 2 aliphatic rings. The van der Waals surface area contributed by atoms with Crippen molar-refractivity contribution >= 4 is 40.3 Å². The van der Waals surface area contributed by atoms with Gasteiger partial charge in [0.15, 0.2) is 5.82 Å². The largest absolute Gasteiger partial charge is 0.353 e. The van der Waals surface area contributed by atoms with Crippen LogP contribution in [0.5, 0.6) is 0 Å². The molecule has 4 aromatic rings. The van der Waals surface area contributed by atoms with E-state index in [4.69, 9.17) is 4.98 Å². The van der Waals surface area contributed by atoms with Crippen molar-refractivity contribution in [2.75, 3.05) is 30.8 Å². The lowest BCUT2D eigenvalue weighted by molar-refractivity contribution is -0.128. The fourth-order valence-corrected chi connectivity index (χ4v) is 6.87. The Hall–Kier alpha value is -4.28. The number of piperazine rings is 1. The molecule has 0 radical (unpaired) electrons. The maximum atomic E-state index is 13.2. The minimum atomic E-state index is -0.344. The lowest BCUT2D eigenvalue weighted by Gasteiger charge is -2.32. The molecule has 1 aliphatic carbocycles. The molecule has 1 saturated heterocycles. The van der Waals surface area contributed by atoms with Gasteiger partial charge in [0.1, 0.15) is 6.04 Å². The van der Waals surface area contributed by atoms with Gasteiger partial charge in [-0.25, -0.2) is 4.98 Å². The zero-order valence-corrected chi connectivity index (χ0v) is 24.8. The van der Waals surface area contributed by atoms with Crippen LogP contribution < -0.4 is 21.5 Å². The van der Waals surface area contributed by atoms with Crippen LogP contribution >= 0.6 is 11.3 Å². The first kappa shape index (κ1) is 27.9. The fourth-order valence-electron chi connectivity index (χ4n) is 5.73. The van der Waals surface area contributed by atoms with Crippen LogP contribution in [-0.2, 0) is 24.7 Å². The highest BCUT2D eigenvalue weighted by Crippen LogP contribution is 2.32. The number of aromatic nitrogens is 2. The van der Waals surface area contributed by atoms with Gasteiger partial charge in [-0.15, -0.1) is 11.3 Å². The van der Waals surface area contributed by atoms with E-state index in [1.165, 1.54) is 27.8 Å². The minimum Gasteiger partial charge on any atom is -0.353 e. The number of rotatable bonds is 6. The van der Waals surface area contributed by atoms with Crippen LogP contribution in [0.2, 0.25) is 0 Å². The van der Waals surface area contributed by atoms with Crippen LogP contribution in [0.15, 0.2) is 59.5 Å². The van der Waals surface area contributed by atoms with Crippen LogP contribution in [0.3, 0.4) is 0 Å². The third-order valence-corrected chi connectivity index (χ3v) is 9.33. The second kappa shape index (κ2) is 11.5. The average molecular weight is 583 g/mol. The van der Waals surface area contributed by atoms with Crippen LogP contribution in [0.25, 0.3) is 11.3 Å². The summed E-state index contributed by atoms with van der Waals surface area (Å²) in [6.45, 7) is 3.37. The summed E-state index contributed by atoms with van der Waals surface area (Å²) in [6.07, 6.45) is 6.16. The molecule has 1 aliphatic heterocycles. The highest BCUT2D eigenvalue weighted by Gasteiger charge is 2.28. The van der Waals surface area contributed by atoms with Crippen molar-refractivity contribution in [1.82, 2.24) is 19.8 Å². The van der Waals surface area contributed by atoms with E-state index in [-0.39, 0.29) is 29.2 Å². The summed E-state index contributed by atoms with van der Waals surface area (Å²) >= 11 is 1.59. The third kappa shape index (κ3) is 5.47. The van der Waals surface area contributed by atoms with Gasteiger partial charge in [-0.05, 0) is 80.6 Å². The second-order valence-electron chi connectivity index (χ2n) is 11.0. The van der Waals surface area contributed by atoms with Gasteiger partial charge in [0.25, 0.3) is 11.5 Å². The minimum absolute atomic E-state index is 0.0176. The Balaban J connectivity index is 1.24. The molecule has 3 heterocycles. The van der Waals surface area contributed by atoms with E-state index < -0.39 is 0 Å². The number of nitrogens with one attached hydrogen (secondary N) is 3. The highest BCUT2D eigenvalue weighted by atomic mass is 32.1. The first-order chi connectivity index (χ1) is 20.3. The Kier molecular flexibility index (Phi) is 7.66. The Morgan fingerprint density at radius 2 is 1.86 bits per heavy atom. The first-order valence-corrected chi connectivity index (χ1v) is 15.1.